The topological polar surface area (TPSA) is 174 Å². The molecule has 9 heterocycles. The molecule has 10 rings (SSSR count). The van der Waals surface area contributed by atoms with Gasteiger partial charge in [0.1, 0.15) is 6.33 Å². The fourth-order valence-electron chi connectivity index (χ4n) is 4.22. The molecule has 1 saturated carbocycles. The molecule has 4 aromatic heterocycles. The van der Waals surface area contributed by atoms with Gasteiger partial charge in [-0.25, -0.2) is 9.97 Å². The van der Waals surface area contributed by atoms with Crippen LogP contribution in [-0.2, 0) is 4.74 Å². The van der Waals surface area contributed by atoms with Crippen molar-refractivity contribution in [2.24, 2.45) is 84.6 Å². The van der Waals surface area contributed by atoms with Crippen molar-refractivity contribution < 1.29 is 4.74 Å². The first kappa shape index (κ1) is 165. The molecule has 0 bridgehead atoms. The number of hydrogen-bond donors (Lipinski definition) is 0. The number of aliphatic imine (C=N–C) groups is 2. The maximum Gasteiger partial charge on any atom is 0.115 e. The largest absolute Gasteiger partial charge is 0.381 e. The minimum Gasteiger partial charge on any atom is -0.381 e. The predicted molar refractivity (Wildman–Crippen MR) is 581 cm³/mol. The van der Waals surface area contributed by atoms with E-state index in [0.717, 1.165) is 39.1 Å². The third-order valence-corrected chi connectivity index (χ3v) is 7.26. The molecule has 2 fully saturated rings. The average Bonchev–Trinajstić information content (AvgIpc) is 1.76. The molecule has 14 nitrogen and oxygen atoms in total. The highest BCUT2D eigenvalue weighted by molar-refractivity contribution is 6.01. The summed E-state index contributed by atoms with van der Waals surface area (Å²) >= 11 is 0. The number of ether oxygens (including phenoxy) is 1. The maximum atomic E-state index is 4.94. The number of aromatic nitrogens is 7. The molecule has 1 saturated heterocycles. The van der Waals surface area contributed by atoms with Crippen LogP contribution in [-0.4, -0.2) is 85.8 Å². The fourth-order valence-corrected chi connectivity index (χ4v) is 4.22. The van der Waals surface area contributed by atoms with Crippen molar-refractivity contribution in [3.05, 3.63) is 141 Å². The van der Waals surface area contributed by atoms with Gasteiger partial charge in [0.15, 0.2) is 0 Å². The van der Waals surface area contributed by atoms with Gasteiger partial charge < -0.3 is 4.74 Å². The van der Waals surface area contributed by atoms with Crippen LogP contribution in [0.5, 0.6) is 0 Å². The summed E-state index contributed by atoms with van der Waals surface area (Å²) in [5.41, 5.74) is 5.89. The van der Waals surface area contributed by atoms with Crippen LogP contribution < -0.4 is 0 Å². The van der Waals surface area contributed by atoms with Crippen molar-refractivity contribution in [2.75, 3.05) is 26.3 Å². The Balaban J connectivity index is -0.0000000547. The Morgan fingerprint density at radius 1 is 0.274 bits per heavy atom. The molecule has 1 aliphatic carbocycles. The summed E-state index contributed by atoms with van der Waals surface area (Å²) in [6, 6.07) is 11.1. The SMILES string of the molecule is C1=CCN=C1.C1=CN=CC1.C1=CN=NC1.C1CCCCC1.C1CCOC1.CC.CC.CC.CC.CC.CC.CC.CC.CC.CC.CC(C)(C)C.CC(C)(C)C.CC(C)(C)C.CC(C)(C)C.CC(C)(C)C.CC(C)(C)C.CC(C)(C)C.CC(C)(C)C.CC(C)(C)C.CC(C)(C)C1=NN=CC1.c1ccncc1.c1ccnnc1.c1cnccn1.c1cncnc1. The second-order valence-corrected chi connectivity index (χ2v) is 40.2. The molecule has 742 valence electrons. The third kappa shape index (κ3) is 473. The van der Waals surface area contributed by atoms with Crippen molar-refractivity contribution in [3.63, 3.8) is 0 Å². The fraction of sp³-hybridized carbons (Fsp3) is 0.755. The zero-order chi connectivity index (χ0) is 103. The Kier molecular flexibility index (Phi) is 169. The number of nitrogens with zero attached hydrogens (tertiary/aromatic N) is 13. The summed E-state index contributed by atoms with van der Waals surface area (Å²) in [7, 11) is 0. The Labute approximate surface area is 784 Å². The lowest BCUT2D eigenvalue weighted by atomic mass is 9.89. The second-order valence-electron chi connectivity index (χ2n) is 40.2. The third-order valence-electron chi connectivity index (χ3n) is 7.26. The summed E-state index contributed by atoms with van der Waals surface area (Å²) in [4.78, 5) is 26.2. The van der Waals surface area contributed by atoms with E-state index < -0.39 is 0 Å². The molecule has 0 N–H and O–H groups in total. The highest BCUT2D eigenvalue weighted by Gasteiger charge is 2.19. The van der Waals surface area contributed by atoms with E-state index in [-0.39, 0.29) is 5.41 Å². The zero-order valence-electron chi connectivity index (χ0n) is 95.6. The van der Waals surface area contributed by atoms with Gasteiger partial charge in [-0.2, -0.15) is 30.6 Å². The van der Waals surface area contributed by atoms with Crippen LogP contribution in [0.3, 0.4) is 0 Å². The van der Waals surface area contributed by atoms with Crippen LogP contribution in [0.1, 0.15) is 473 Å². The van der Waals surface area contributed by atoms with Gasteiger partial charge in [-0.1, -0.05) is 465 Å². The van der Waals surface area contributed by atoms with Gasteiger partial charge in [0.25, 0.3) is 0 Å². The van der Waals surface area contributed by atoms with Gasteiger partial charge in [-0.3, -0.25) is 24.9 Å². The molecule has 0 radical (unpaired) electrons. The average molecular weight is 1750 g/mol. The Morgan fingerprint density at radius 3 is 0.645 bits per heavy atom. The predicted octanol–water partition coefficient (Wildman–Crippen LogP) is 38.8. The van der Waals surface area contributed by atoms with Gasteiger partial charge in [-0.15, -0.1) is 0 Å². The Hall–Kier alpha value is -6.15. The van der Waals surface area contributed by atoms with Crippen LogP contribution in [0.2, 0.25) is 0 Å². The smallest absolute Gasteiger partial charge is 0.115 e. The Morgan fingerprint density at radius 2 is 0.556 bits per heavy atom. The molecule has 124 heavy (non-hydrogen) atoms. The van der Waals surface area contributed by atoms with Gasteiger partial charge in [0.05, 0.1) is 18.8 Å². The van der Waals surface area contributed by atoms with Crippen molar-refractivity contribution in [3.8, 4) is 0 Å². The van der Waals surface area contributed by atoms with Crippen molar-refractivity contribution in [2.45, 2.75) is 473 Å². The van der Waals surface area contributed by atoms with Gasteiger partial charge in [0.2, 0.25) is 0 Å². The summed E-state index contributed by atoms with van der Waals surface area (Å²) in [5.74, 6) is 0. The van der Waals surface area contributed by atoms with E-state index >= 15 is 0 Å². The van der Waals surface area contributed by atoms with E-state index in [1.165, 1.54) is 63.4 Å². The first-order valence-electron chi connectivity index (χ1n) is 48.1. The van der Waals surface area contributed by atoms with Crippen LogP contribution in [0.4, 0.5) is 0 Å². The lowest BCUT2D eigenvalue weighted by molar-refractivity contribution is 0.198. The molecule has 0 unspecified atom stereocenters. The molecule has 14 heteroatoms. The first-order chi connectivity index (χ1) is 57.1. The van der Waals surface area contributed by atoms with Gasteiger partial charge in [0, 0.05) is 124 Å². The van der Waals surface area contributed by atoms with E-state index in [1.54, 1.807) is 86.6 Å². The molecule has 0 aromatic carbocycles. The molecule has 5 aliphatic heterocycles. The summed E-state index contributed by atoms with van der Waals surface area (Å²) in [6.07, 6.45) is 48.6. The monoisotopic (exact) mass is 1750 g/mol. The van der Waals surface area contributed by atoms with E-state index in [4.69, 9.17) is 4.74 Å². The van der Waals surface area contributed by atoms with Crippen LogP contribution in [0.25, 0.3) is 0 Å². The highest BCUT2D eigenvalue weighted by atomic mass is 16.5. The first-order valence-corrected chi connectivity index (χ1v) is 48.1. The van der Waals surface area contributed by atoms with E-state index in [9.17, 15) is 0 Å². The standard InChI is InChI=1S/C7H12N2.C6H12.C5H5N.9C5H12.3C4H4N2.2C4H5N.C4H8O.C3H4N2.10C2H6/c1-7(2,3)6-4-5-8-9-6;2*1-2-4-6-5-3-1;9*1-5(2,3)4;1-2-6-4-3-5-1;1-2-5-4-6-3-1;1-2-4-6-5-3-1;4*1-2-4-5-3-1;10*1-2/h5H,4H2,1-3H3;1-6H2;1-5H;9*1-4H3;3*1-4H;1,3-4H,2H2;1-3H,4H2;1-4H2;1-2H,3H2;10*1-2H3. The second kappa shape index (κ2) is 128. The normalized spacial score (nSPS) is 12.0. The number of pyridine rings is 1. The van der Waals surface area contributed by atoms with Crippen molar-refractivity contribution >= 4 is 24.4 Å². The number of allylic oxidation sites excluding steroid dienone is 2. The molecule has 0 amide bonds. The molecule has 4 aromatic rings. The summed E-state index contributed by atoms with van der Waals surface area (Å²) in [5, 5.41) is 22.0. The Bertz CT molecular complexity index is 1980. The zero-order valence-corrected chi connectivity index (χ0v) is 95.6. The van der Waals surface area contributed by atoms with Crippen LogP contribution in [0.15, 0.2) is 172 Å². The lowest BCUT2D eigenvalue weighted by Gasteiger charge is -2.16. The summed E-state index contributed by atoms with van der Waals surface area (Å²) < 4.78 is 4.94. The van der Waals surface area contributed by atoms with E-state index in [1.807, 2.05) is 206 Å². The number of hydrogen-bond acceptors (Lipinski definition) is 14. The number of azo groups is 1. The van der Waals surface area contributed by atoms with Crippen molar-refractivity contribution in [1.82, 2.24) is 35.1 Å². The van der Waals surface area contributed by atoms with E-state index in [0.29, 0.717) is 48.7 Å². The quantitative estimate of drug-likeness (QED) is 0.167. The minimum atomic E-state index is 0.205. The molecular formula is C110H231N13O. The van der Waals surface area contributed by atoms with Crippen LogP contribution >= 0.6 is 0 Å². The molecule has 0 spiro atoms. The number of rotatable bonds is 0. The highest BCUT2D eigenvalue weighted by Crippen LogP contribution is 2.20. The molecule has 6 aliphatic rings. The summed E-state index contributed by atoms with van der Waals surface area (Å²) in [6.45, 7) is 129. The maximum absolute atomic E-state index is 4.94. The van der Waals surface area contributed by atoms with Gasteiger partial charge in [-0.05, 0) is 104 Å². The van der Waals surface area contributed by atoms with Crippen LogP contribution in [0, 0.1) is 54.1 Å². The van der Waals surface area contributed by atoms with Gasteiger partial charge >= 0.3 is 0 Å². The minimum absolute atomic E-state index is 0.205. The van der Waals surface area contributed by atoms with Crippen molar-refractivity contribution in [1.29, 1.82) is 0 Å². The molecular weight excluding hydrogens is 1520 g/mol. The lowest BCUT2D eigenvalue weighted by Crippen LogP contribution is -2.18. The van der Waals surface area contributed by atoms with E-state index in [2.05, 4.69) is 336 Å². The molecule has 0 atom stereocenters.